The van der Waals surface area contributed by atoms with Gasteiger partial charge in [0.25, 0.3) is 0 Å². The molecule has 0 fully saturated rings. The SMILES string of the molecule is CC(C)CC(=O)NC(C(=O)N[C@@H](C)C(=O)N[C@@H](CSCC(C)(C)C)C(=O)O)C(C)C. The summed E-state index contributed by atoms with van der Waals surface area (Å²) in [6.45, 7) is 15.1. The number of hydrogen-bond acceptors (Lipinski definition) is 5. The number of amides is 3. The van der Waals surface area contributed by atoms with E-state index in [1.165, 1.54) is 18.7 Å². The average molecular weight is 446 g/mol. The Hall–Kier alpha value is -1.77. The molecule has 0 saturated heterocycles. The predicted molar refractivity (Wildman–Crippen MR) is 120 cm³/mol. The van der Waals surface area contributed by atoms with E-state index in [1.54, 1.807) is 13.8 Å². The molecule has 1 unspecified atom stereocenters. The van der Waals surface area contributed by atoms with E-state index >= 15 is 0 Å². The first-order valence-electron chi connectivity index (χ1n) is 10.3. The Morgan fingerprint density at radius 3 is 1.90 bits per heavy atom. The molecule has 0 aliphatic rings. The fourth-order valence-electron chi connectivity index (χ4n) is 2.46. The van der Waals surface area contributed by atoms with Crippen LogP contribution >= 0.6 is 11.8 Å². The van der Waals surface area contributed by atoms with Crippen molar-refractivity contribution in [2.24, 2.45) is 17.3 Å². The van der Waals surface area contributed by atoms with Gasteiger partial charge in [-0.25, -0.2) is 4.79 Å². The third-order valence-electron chi connectivity index (χ3n) is 4.05. The van der Waals surface area contributed by atoms with Crippen LogP contribution in [0.25, 0.3) is 0 Å². The number of hydrogen-bond donors (Lipinski definition) is 4. The molecule has 9 heteroatoms. The molecule has 0 aromatic rings. The Kier molecular flexibility index (Phi) is 12.1. The summed E-state index contributed by atoms with van der Waals surface area (Å²) in [7, 11) is 0. The van der Waals surface area contributed by atoms with Crippen LogP contribution in [0.15, 0.2) is 0 Å². The molecule has 0 aromatic heterocycles. The zero-order valence-corrected chi connectivity index (χ0v) is 20.3. The van der Waals surface area contributed by atoms with Gasteiger partial charge in [0.2, 0.25) is 17.7 Å². The quantitative estimate of drug-likeness (QED) is 0.364. The molecule has 3 atom stereocenters. The maximum Gasteiger partial charge on any atom is 0.327 e. The highest BCUT2D eigenvalue weighted by atomic mass is 32.2. The minimum Gasteiger partial charge on any atom is -0.480 e. The van der Waals surface area contributed by atoms with Gasteiger partial charge in [0.1, 0.15) is 18.1 Å². The fourth-order valence-corrected chi connectivity index (χ4v) is 3.65. The largest absolute Gasteiger partial charge is 0.480 e. The molecule has 0 radical (unpaired) electrons. The Morgan fingerprint density at radius 2 is 1.47 bits per heavy atom. The van der Waals surface area contributed by atoms with Crippen LogP contribution in [0.3, 0.4) is 0 Å². The summed E-state index contributed by atoms with van der Waals surface area (Å²) in [4.78, 5) is 48.5. The van der Waals surface area contributed by atoms with E-state index in [9.17, 15) is 24.3 Å². The molecule has 0 rings (SSSR count). The van der Waals surface area contributed by atoms with Crippen LogP contribution in [-0.4, -0.2) is 58.4 Å². The molecule has 8 nitrogen and oxygen atoms in total. The first kappa shape index (κ1) is 28.2. The van der Waals surface area contributed by atoms with Crippen molar-refractivity contribution in [3.63, 3.8) is 0 Å². The van der Waals surface area contributed by atoms with Crippen LogP contribution in [0, 0.1) is 17.3 Å². The van der Waals surface area contributed by atoms with Crippen LogP contribution in [0.2, 0.25) is 0 Å². The minimum atomic E-state index is -1.12. The van der Waals surface area contributed by atoms with E-state index < -0.39 is 35.9 Å². The van der Waals surface area contributed by atoms with Gasteiger partial charge in [-0.1, -0.05) is 48.5 Å². The highest BCUT2D eigenvalue weighted by Gasteiger charge is 2.29. The van der Waals surface area contributed by atoms with E-state index in [0.29, 0.717) is 6.42 Å². The highest BCUT2D eigenvalue weighted by Crippen LogP contribution is 2.20. The van der Waals surface area contributed by atoms with Gasteiger partial charge in [-0.05, 0) is 29.9 Å². The van der Waals surface area contributed by atoms with Crippen LogP contribution in [0.1, 0.15) is 61.8 Å². The van der Waals surface area contributed by atoms with Crippen molar-refractivity contribution < 1.29 is 24.3 Å². The zero-order valence-electron chi connectivity index (χ0n) is 19.5. The fraction of sp³-hybridized carbons (Fsp3) is 0.810. The summed E-state index contributed by atoms with van der Waals surface area (Å²) in [5.41, 5.74) is 0.0465. The molecular weight excluding hydrogens is 406 g/mol. The Labute approximate surface area is 184 Å². The van der Waals surface area contributed by atoms with Crippen molar-refractivity contribution >= 4 is 35.5 Å². The third kappa shape index (κ3) is 12.0. The Bertz CT molecular complexity index is 602. The van der Waals surface area contributed by atoms with Crippen molar-refractivity contribution in [3.8, 4) is 0 Å². The lowest BCUT2D eigenvalue weighted by Gasteiger charge is -2.25. The lowest BCUT2D eigenvalue weighted by Crippen LogP contribution is -2.56. The number of aliphatic carboxylic acids is 1. The van der Waals surface area contributed by atoms with Crippen molar-refractivity contribution in [3.05, 3.63) is 0 Å². The first-order valence-corrected chi connectivity index (χ1v) is 11.5. The van der Waals surface area contributed by atoms with Gasteiger partial charge in [-0.3, -0.25) is 14.4 Å². The maximum absolute atomic E-state index is 12.6. The van der Waals surface area contributed by atoms with Crippen LogP contribution < -0.4 is 16.0 Å². The summed E-state index contributed by atoms with van der Waals surface area (Å²) in [6, 6.07) is -2.75. The van der Waals surface area contributed by atoms with Gasteiger partial charge in [0.05, 0.1) is 0 Å². The lowest BCUT2D eigenvalue weighted by molar-refractivity contribution is -0.141. The molecule has 0 spiro atoms. The minimum absolute atomic E-state index is 0.0465. The lowest BCUT2D eigenvalue weighted by atomic mass is 10.0. The van der Waals surface area contributed by atoms with Crippen LogP contribution in [0.4, 0.5) is 0 Å². The molecular formula is C21H39N3O5S. The molecule has 0 aliphatic heterocycles. The number of thioether (sulfide) groups is 1. The molecule has 0 heterocycles. The molecule has 3 amide bonds. The number of rotatable bonds is 12. The van der Waals surface area contributed by atoms with Gasteiger partial charge >= 0.3 is 5.97 Å². The molecule has 0 aliphatic carbocycles. The second-order valence-corrected chi connectivity index (χ2v) is 10.6. The van der Waals surface area contributed by atoms with Gasteiger partial charge in [-0.15, -0.1) is 0 Å². The smallest absolute Gasteiger partial charge is 0.327 e. The van der Waals surface area contributed by atoms with E-state index in [0.717, 1.165) is 5.75 Å². The van der Waals surface area contributed by atoms with Crippen molar-refractivity contribution in [1.29, 1.82) is 0 Å². The number of carbonyl (C=O) groups excluding carboxylic acids is 3. The van der Waals surface area contributed by atoms with E-state index in [-0.39, 0.29) is 28.9 Å². The summed E-state index contributed by atoms with van der Waals surface area (Å²) in [5.74, 6) is -1.42. The summed E-state index contributed by atoms with van der Waals surface area (Å²) >= 11 is 1.45. The molecule has 0 bridgehead atoms. The summed E-state index contributed by atoms with van der Waals surface area (Å²) in [5, 5.41) is 17.2. The monoisotopic (exact) mass is 445 g/mol. The van der Waals surface area contributed by atoms with Crippen molar-refractivity contribution in [2.45, 2.75) is 79.9 Å². The highest BCUT2D eigenvalue weighted by molar-refractivity contribution is 7.99. The summed E-state index contributed by atoms with van der Waals surface area (Å²) < 4.78 is 0. The number of carbonyl (C=O) groups is 4. The zero-order chi connectivity index (χ0) is 23.6. The third-order valence-corrected chi connectivity index (χ3v) is 5.68. The van der Waals surface area contributed by atoms with E-state index in [1.807, 2.05) is 13.8 Å². The Morgan fingerprint density at radius 1 is 0.900 bits per heavy atom. The average Bonchev–Trinajstić information content (AvgIpc) is 2.56. The number of carboxylic acids is 1. The van der Waals surface area contributed by atoms with Crippen molar-refractivity contribution in [1.82, 2.24) is 16.0 Å². The molecule has 4 N–H and O–H groups in total. The van der Waals surface area contributed by atoms with Crippen LogP contribution in [0.5, 0.6) is 0 Å². The molecule has 0 saturated carbocycles. The molecule has 0 aromatic carbocycles. The second-order valence-electron chi connectivity index (χ2n) is 9.59. The summed E-state index contributed by atoms with van der Waals surface area (Å²) in [6.07, 6.45) is 0.305. The normalized spacial score (nSPS) is 14.7. The number of carboxylic acid groups (broad SMARTS) is 1. The topological polar surface area (TPSA) is 125 Å². The molecule has 174 valence electrons. The first-order chi connectivity index (χ1) is 13.6. The Balaban J connectivity index is 4.87. The second kappa shape index (κ2) is 12.8. The van der Waals surface area contributed by atoms with Gasteiger partial charge in [0.15, 0.2) is 0 Å². The number of nitrogens with one attached hydrogen (secondary N) is 3. The van der Waals surface area contributed by atoms with Gasteiger partial charge < -0.3 is 21.1 Å². The van der Waals surface area contributed by atoms with Gasteiger partial charge in [-0.2, -0.15) is 11.8 Å². The predicted octanol–water partition coefficient (Wildman–Crippen LogP) is 2.03. The van der Waals surface area contributed by atoms with Crippen LogP contribution in [-0.2, 0) is 19.2 Å². The van der Waals surface area contributed by atoms with Gasteiger partial charge in [0, 0.05) is 12.2 Å². The van der Waals surface area contributed by atoms with E-state index in [2.05, 4.69) is 36.7 Å². The maximum atomic E-state index is 12.6. The van der Waals surface area contributed by atoms with Crippen molar-refractivity contribution in [2.75, 3.05) is 11.5 Å². The molecule has 30 heavy (non-hydrogen) atoms. The van der Waals surface area contributed by atoms with E-state index in [4.69, 9.17) is 0 Å². The standard InChI is InChI=1S/C21H39N3O5S/c1-12(2)9-16(25)24-17(13(3)4)19(27)22-14(5)18(26)23-15(20(28)29)10-30-11-21(6,7)8/h12-15,17H,9-11H2,1-8H3,(H,22,27)(H,23,26)(H,24,25)(H,28,29)/t14-,15-,17?/m0/s1.